The summed E-state index contributed by atoms with van der Waals surface area (Å²) < 4.78 is 2.37. The lowest BCUT2D eigenvalue weighted by atomic mass is 9.84. The number of hydrogen-bond donors (Lipinski definition) is 3. The molecule has 6 aromatic carbocycles. The van der Waals surface area contributed by atoms with Crippen LogP contribution in [0.2, 0.25) is 0 Å². The van der Waals surface area contributed by atoms with Crippen molar-refractivity contribution in [3.63, 3.8) is 0 Å². The summed E-state index contributed by atoms with van der Waals surface area (Å²) in [5.74, 6) is 0.0622. The SMILES string of the molecule is C=C(CC/C=C\C)c1cc2c3ccccc3n(-c3ccccc3)c2cc1Nc1ccc(C(c2ccccc2)c2ccccc2NNC)cc1.C=CC.CC.CCC. The summed E-state index contributed by atoms with van der Waals surface area (Å²) in [5, 5.41) is 6.28. The van der Waals surface area contributed by atoms with Crippen molar-refractivity contribution in [2.45, 2.75) is 66.7 Å². The number of nitrogens with one attached hydrogen (secondary N) is 3. The number of rotatable bonds is 12. The van der Waals surface area contributed by atoms with Gasteiger partial charge in [-0.1, -0.05) is 156 Å². The van der Waals surface area contributed by atoms with Gasteiger partial charge in [0.2, 0.25) is 0 Å². The van der Waals surface area contributed by atoms with E-state index in [0.29, 0.717) is 0 Å². The van der Waals surface area contributed by atoms with Crippen molar-refractivity contribution < 1.29 is 0 Å². The third kappa shape index (κ3) is 11.0. The number of para-hydroxylation sites is 3. The molecule has 1 atom stereocenters. The molecular formula is C53H62N4. The molecule has 0 aliphatic heterocycles. The Morgan fingerprint density at radius 3 is 1.91 bits per heavy atom. The van der Waals surface area contributed by atoms with Crippen molar-refractivity contribution in [1.29, 1.82) is 0 Å². The summed E-state index contributed by atoms with van der Waals surface area (Å²) in [6, 6.07) is 52.0. The number of hydrazine groups is 1. The average molecular weight is 755 g/mol. The molecule has 1 heterocycles. The van der Waals surface area contributed by atoms with Crippen molar-refractivity contribution in [2.75, 3.05) is 17.8 Å². The third-order valence-electron chi connectivity index (χ3n) is 9.24. The number of anilines is 3. The minimum Gasteiger partial charge on any atom is -0.355 e. The Labute approximate surface area is 342 Å². The van der Waals surface area contributed by atoms with Crippen LogP contribution in [-0.4, -0.2) is 11.6 Å². The third-order valence-corrected chi connectivity index (χ3v) is 9.24. The molecule has 294 valence electrons. The molecule has 4 nitrogen and oxygen atoms in total. The number of allylic oxidation sites excluding steroid dienone is 4. The second-order valence-corrected chi connectivity index (χ2v) is 13.5. The highest BCUT2D eigenvalue weighted by molar-refractivity contribution is 6.11. The number of benzene rings is 6. The van der Waals surface area contributed by atoms with E-state index in [-0.39, 0.29) is 5.92 Å². The molecule has 0 saturated carbocycles. The first-order valence-corrected chi connectivity index (χ1v) is 20.4. The Bertz CT molecular complexity index is 2300. The molecule has 0 spiro atoms. The van der Waals surface area contributed by atoms with Crippen molar-refractivity contribution in [1.82, 2.24) is 9.99 Å². The smallest absolute Gasteiger partial charge is 0.0562 e. The van der Waals surface area contributed by atoms with Crippen molar-refractivity contribution in [3.8, 4) is 5.69 Å². The fourth-order valence-electron chi connectivity index (χ4n) is 6.93. The van der Waals surface area contributed by atoms with E-state index >= 15 is 0 Å². The maximum atomic E-state index is 4.59. The molecule has 0 aliphatic carbocycles. The zero-order valence-electron chi connectivity index (χ0n) is 35.1. The monoisotopic (exact) mass is 754 g/mol. The summed E-state index contributed by atoms with van der Waals surface area (Å²) in [5.41, 5.74) is 19.0. The summed E-state index contributed by atoms with van der Waals surface area (Å²) in [7, 11) is 1.90. The average Bonchev–Trinajstić information content (AvgIpc) is 3.57. The number of aromatic nitrogens is 1. The highest BCUT2D eigenvalue weighted by atomic mass is 15.3. The molecule has 0 fully saturated rings. The minimum atomic E-state index is 0.0622. The van der Waals surface area contributed by atoms with Crippen LogP contribution in [0.3, 0.4) is 0 Å². The maximum Gasteiger partial charge on any atom is 0.0562 e. The Morgan fingerprint density at radius 1 is 0.684 bits per heavy atom. The number of fused-ring (bicyclic) bond motifs is 3. The lowest BCUT2D eigenvalue weighted by Gasteiger charge is -2.23. The molecule has 1 unspecified atom stereocenters. The van der Waals surface area contributed by atoms with E-state index in [1.165, 1.54) is 39.4 Å². The van der Waals surface area contributed by atoms with Gasteiger partial charge in [-0.15, -0.1) is 6.58 Å². The quantitative estimate of drug-likeness (QED) is 0.0661. The van der Waals surface area contributed by atoms with Crippen molar-refractivity contribution >= 4 is 44.4 Å². The summed E-state index contributed by atoms with van der Waals surface area (Å²) in [6.07, 6.45) is 9.17. The lowest BCUT2D eigenvalue weighted by Crippen LogP contribution is -2.17. The van der Waals surface area contributed by atoms with Gasteiger partial charge in [0, 0.05) is 46.4 Å². The van der Waals surface area contributed by atoms with E-state index in [2.05, 4.69) is 212 Å². The fourth-order valence-corrected chi connectivity index (χ4v) is 6.93. The van der Waals surface area contributed by atoms with Crippen LogP contribution < -0.4 is 16.2 Å². The zero-order chi connectivity index (χ0) is 41.0. The van der Waals surface area contributed by atoms with Gasteiger partial charge in [-0.25, -0.2) is 5.43 Å². The molecule has 0 aliphatic rings. The van der Waals surface area contributed by atoms with Crippen LogP contribution in [0.25, 0.3) is 33.1 Å². The van der Waals surface area contributed by atoms with Crippen LogP contribution in [0.4, 0.5) is 17.1 Å². The Morgan fingerprint density at radius 2 is 1.26 bits per heavy atom. The summed E-state index contributed by atoms with van der Waals surface area (Å²) in [6.45, 7) is 20.2. The fraction of sp³-hybridized carbons (Fsp3) is 0.208. The van der Waals surface area contributed by atoms with E-state index in [0.717, 1.165) is 52.2 Å². The predicted molar refractivity (Wildman–Crippen MR) is 253 cm³/mol. The second kappa shape index (κ2) is 23.1. The van der Waals surface area contributed by atoms with Gasteiger partial charge in [0.1, 0.15) is 0 Å². The van der Waals surface area contributed by atoms with Gasteiger partial charge in [0.25, 0.3) is 0 Å². The Hall–Kier alpha value is -6.10. The molecule has 0 amide bonds. The first-order valence-electron chi connectivity index (χ1n) is 20.4. The molecule has 57 heavy (non-hydrogen) atoms. The van der Waals surface area contributed by atoms with Gasteiger partial charge < -0.3 is 15.3 Å². The Balaban J connectivity index is 0.000000836. The van der Waals surface area contributed by atoms with Crippen molar-refractivity contribution in [3.05, 3.63) is 199 Å². The first-order chi connectivity index (χ1) is 28.0. The van der Waals surface area contributed by atoms with E-state index in [4.69, 9.17) is 0 Å². The van der Waals surface area contributed by atoms with Crippen molar-refractivity contribution in [2.24, 2.45) is 0 Å². The standard InChI is InChI=1S/C45H42N4.C3H8.C3H6.C2H6/c1-4-5-8-17-32(2)39-30-40-37-22-14-16-25-43(37)49(36-20-11-7-12-21-36)44(40)31-42(39)47-35-28-26-34(27-29-35)45(33-18-9-6-10-19-33)38-23-13-15-24-41(38)48-46-3;2*1-3-2;1-2/h4-7,9-16,18-31,45-48H,2,8,17H2,1,3H3;3H2,1-2H3;3H,1H2,2H3;1-2H3/b5-4-;;;. The molecule has 0 saturated heterocycles. The van der Waals surface area contributed by atoms with Crippen LogP contribution in [0.15, 0.2) is 177 Å². The van der Waals surface area contributed by atoms with E-state index in [1.807, 2.05) is 27.8 Å². The molecule has 3 N–H and O–H groups in total. The molecule has 7 aromatic rings. The van der Waals surface area contributed by atoms with Gasteiger partial charge in [-0.05, 0) is 97.5 Å². The zero-order valence-corrected chi connectivity index (χ0v) is 35.1. The predicted octanol–water partition coefficient (Wildman–Crippen LogP) is 15.3. The van der Waals surface area contributed by atoms with Gasteiger partial charge in [0.15, 0.2) is 0 Å². The lowest BCUT2D eigenvalue weighted by molar-refractivity contribution is 0.938. The van der Waals surface area contributed by atoms with E-state index < -0.39 is 0 Å². The maximum absolute atomic E-state index is 4.59. The van der Waals surface area contributed by atoms with Crippen LogP contribution in [0, 0.1) is 0 Å². The second-order valence-electron chi connectivity index (χ2n) is 13.5. The Kier molecular flexibility index (Phi) is 17.7. The van der Waals surface area contributed by atoms with Gasteiger partial charge >= 0.3 is 0 Å². The topological polar surface area (TPSA) is 41.0 Å². The van der Waals surface area contributed by atoms with E-state index in [9.17, 15) is 0 Å². The molecule has 0 radical (unpaired) electrons. The highest BCUT2D eigenvalue weighted by Crippen LogP contribution is 2.40. The molecule has 0 bridgehead atoms. The van der Waals surface area contributed by atoms with E-state index in [1.54, 1.807) is 6.08 Å². The first kappa shape index (κ1) is 43.6. The van der Waals surface area contributed by atoms with Gasteiger partial charge in [-0.3, -0.25) is 0 Å². The minimum absolute atomic E-state index is 0.0622. The normalized spacial score (nSPS) is 11.0. The van der Waals surface area contributed by atoms with Gasteiger partial charge in [0.05, 0.1) is 16.7 Å². The van der Waals surface area contributed by atoms with Crippen LogP contribution in [0.5, 0.6) is 0 Å². The highest BCUT2D eigenvalue weighted by Gasteiger charge is 2.21. The van der Waals surface area contributed by atoms with Crippen LogP contribution >= 0.6 is 0 Å². The van der Waals surface area contributed by atoms with Gasteiger partial charge in [-0.2, -0.15) is 0 Å². The molecule has 1 aromatic heterocycles. The number of nitrogens with zero attached hydrogens (tertiary/aromatic N) is 1. The number of hydrogen-bond acceptors (Lipinski definition) is 3. The largest absolute Gasteiger partial charge is 0.355 e. The molecular weight excluding hydrogens is 693 g/mol. The van der Waals surface area contributed by atoms with Crippen LogP contribution in [-0.2, 0) is 0 Å². The summed E-state index contributed by atoms with van der Waals surface area (Å²) >= 11 is 0. The molecule has 7 rings (SSSR count). The summed E-state index contributed by atoms with van der Waals surface area (Å²) in [4.78, 5) is 0. The van der Waals surface area contributed by atoms with Crippen LogP contribution in [0.1, 0.15) is 89.0 Å². The molecule has 4 heteroatoms.